The number of hydrogen-bond donors (Lipinski definition) is 3. The van der Waals surface area contributed by atoms with E-state index in [0.717, 1.165) is 57.5 Å². The minimum atomic E-state index is -1.19. The van der Waals surface area contributed by atoms with Crippen LogP contribution in [0, 0.1) is 11.3 Å². The number of aromatic hydroxyl groups is 1. The summed E-state index contributed by atoms with van der Waals surface area (Å²) >= 11 is 0. The molecule has 10 rings (SSSR count). The maximum absolute atomic E-state index is 15.0. The number of aryl methyl sites for hydroxylation is 1. The maximum atomic E-state index is 15.0. The van der Waals surface area contributed by atoms with Gasteiger partial charge < -0.3 is 43.6 Å². The molecule has 434 valence electrons. The summed E-state index contributed by atoms with van der Waals surface area (Å²) < 4.78 is 32.4. The number of aromatic nitrogens is 4. The van der Waals surface area contributed by atoms with E-state index in [2.05, 4.69) is 63.1 Å². The molecule has 0 spiro atoms. The number of morpholine rings is 1. The van der Waals surface area contributed by atoms with E-state index in [1.54, 1.807) is 44.9 Å². The van der Waals surface area contributed by atoms with Gasteiger partial charge in [-0.2, -0.15) is 0 Å². The number of esters is 1. The third kappa shape index (κ3) is 12.7. The number of pyridine rings is 1. The molecule has 3 N–H and O–H groups in total. The van der Waals surface area contributed by atoms with Crippen LogP contribution in [0.5, 0.6) is 17.5 Å². The highest BCUT2D eigenvalue weighted by Gasteiger charge is 2.42. The summed E-state index contributed by atoms with van der Waals surface area (Å²) in [5.41, 5.74) is 10.8. The third-order valence-electron chi connectivity index (χ3n) is 16.4. The first kappa shape index (κ1) is 57.9. The Morgan fingerprint density at radius 1 is 0.927 bits per heavy atom. The molecule has 82 heavy (non-hydrogen) atoms. The van der Waals surface area contributed by atoms with Gasteiger partial charge in [-0.3, -0.25) is 34.1 Å². The predicted molar refractivity (Wildman–Crippen MR) is 308 cm³/mol. The fraction of sp³-hybridized carbons (Fsp3) is 0.476. The normalized spacial score (nSPS) is 21.4. The third-order valence-corrected chi connectivity index (χ3v) is 16.4. The molecule has 3 aromatic heterocycles. The van der Waals surface area contributed by atoms with E-state index < -0.39 is 53.5 Å². The molecule has 0 aliphatic carbocycles. The van der Waals surface area contributed by atoms with Crippen molar-refractivity contribution in [2.45, 2.75) is 123 Å². The van der Waals surface area contributed by atoms with Gasteiger partial charge in [0.1, 0.15) is 35.7 Å². The molecule has 3 fully saturated rings. The zero-order valence-electron chi connectivity index (χ0n) is 48.4. The standard InChI is InChI=1S/C63H77N9O10/c1-9-71-53-18-17-43-30-48(53)50(56(71)49-31-46(35-64-54(49)39(4)78-8)82-62-65-33-41(34-66-62)36-70-21-24-79-25-22-70)32-63(5,6)37-81-61(77)51-16-13-20-72(68-51)59(75)52(28-40-26-44(43)29-45(73)27-40)67-58(74)55(38(2)3)69(7)60(76)57-47(19-23-80-57)42-14-11-10-12-15-42/h10-12,14-15,17-18,26-27,29-31,33-35,38-39,47,51-52,55,57,68,73H,9,13,16,19-25,28,32,36-37H2,1-8H3,(H,67,74). The number of cyclic esters (lactones) is 1. The Morgan fingerprint density at radius 2 is 1.70 bits per heavy atom. The fourth-order valence-electron chi connectivity index (χ4n) is 12.1. The monoisotopic (exact) mass is 1120 g/mol. The molecule has 3 aromatic carbocycles. The smallest absolute Gasteiger partial charge is 0.324 e. The first-order chi connectivity index (χ1) is 39.5. The summed E-state index contributed by atoms with van der Waals surface area (Å²) in [7, 11) is 3.26. The van der Waals surface area contributed by atoms with E-state index in [9.17, 15) is 24.3 Å². The minimum absolute atomic E-state index is 0.0293. The number of hydrazine groups is 1. The zero-order valence-corrected chi connectivity index (χ0v) is 48.4. The van der Waals surface area contributed by atoms with Gasteiger partial charge in [0.05, 0.1) is 43.5 Å². The lowest BCUT2D eigenvalue weighted by Crippen LogP contribution is -2.62. The molecule has 19 nitrogen and oxygen atoms in total. The molecule has 0 saturated carbocycles. The first-order valence-electron chi connectivity index (χ1n) is 28.8. The van der Waals surface area contributed by atoms with E-state index >= 15 is 0 Å². The topological polar surface area (TPSA) is 212 Å². The van der Waals surface area contributed by atoms with Crippen LogP contribution in [0.2, 0.25) is 0 Å². The molecule has 6 aromatic rings. The van der Waals surface area contributed by atoms with Gasteiger partial charge in [-0.05, 0) is 104 Å². The van der Waals surface area contributed by atoms with Crippen molar-refractivity contribution in [3.63, 3.8) is 0 Å². The summed E-state index contributed by atoms with van der Waals surface area (Å²) in [6.07, 6.45) is 6.00. The Bertz CT molecular complexity index is 3270. The van der Waals surface area contributed by atoms with Crippen molar-refractivity contribution in [2.24, 2.45) is 11.3 Å². The number of phenols is 1. The molecule has 0 radical (unpaired) electrons. The Kier molecular flexibility index (Phi) is 17.7. The molecular formula is C63H77N9O10. The molecule has 4 aliphatic rings. The highest BCUT2D eigenvalue weighted by atomic mass is 16.5. The second-order valence-corrected chi connectivity index (χ2v) is 23.3. The Labute approximate surface area is 479 Å². The molecule has 3 saturated heterocycles. The van der Waals surface area contributed by atoms with Gasteiger partial charge >= 0.3 is 12.0 Å². The number of nitrogens with zero attached hydrogens (tertiary/aromatic N) is 7. The van der Waals surface area contributed by atoms with Crippen molar-refractivity contribution in [1.29, 1.82) is 0 Å². The zero-order chi connectivity index (χ0) is 57.8. The van der Waals surface area contributed by atoms with E-state index in [1.807, 2.05) is 69.3 Å². The maximum Gasteiger partial charge on any atom is 0.324 e. The molecule has 3 amide bonds. The first-order valence-corrected chi connectivity index (χ1v) is 28.8. The molecular weight excluding hydrogens is 1040 g/mol. The van der Waals surface area contributed by atoms with Crippen LogP contribution in [0.3, 0.4) is 0 Å². The van der Waals surface area contributed by atoms with E-state index in [-0.39, 0.29) is 49.1 Å². The van der Waals surface area contributed by atoms with Gasteiger partial charge in [-0.1, -0.05) is 70.2 Å². The second kappa shape index (κ2) is 25.1. The molecule has 4 aliphatic heterocycles. The lowest BCUT2D eigenvalue weighted by Gasteiger charge is -2.37. The highest BCUT2D eigenvalue weighted by Crippen LogP contribution is 2.44. The van der Waals surface area contributed by atoms with Crippen LogP contribution in [-0.4, -0.2) is 148 Å². The average molecular weight is 1120 g/mol. The van der Waals surface area contributed by atoms with Gasteiger partial charge in [-0.25, -0.2) is 15.4 Å². The van der Waals surface area contributed by atoms with Crippen LogP contribution in [0.15, 0.2) is 91.4 Å². The number of rotatable bonds is 14. The van der Waals surface area contributed by atoms with Crippen molar-refractivity contribution in [2.75, 3.05) is 60.2 Å². The van der Waals surface area contributed by atoms with Gasteiger partial charge in [0.15, 0.2) is 0 Å². The number of fused-ring (bicyclic) bond motifs is 6. The number of carbonyl (C=O) groups excluding carboxylic acids is 4. The number of amides is 3. The van der Waals surface area contributed by atoms with Gasteiger partial charge in [0.25, 0.3) is 11.8 Å². The molecule has 6 bridgehead atoms. The summed E-state index contributed by atoms with van der Waals surface area (Å²) in [5.74, 6) is -1.98. The summed E-state index contributed by atoms with van der Waals surface area (Å²) in [6, 6.07) is 20.3. The van der Waals surface area contributed by atoms with Gasteiger partial charge in [0, 0.05) is 106 Å². The predicted octanol–water partition coefficient (Wildman–Crippen LogP) is 7.92. The molecule has 6 atom stereocenters. The average Bonchev–Trinajstić information content (AvgIpc) is 3.58. The van der Waals surface area contributed by atoms with Crippen molar-refractivity contribution in [1.82, 2.24) is 45.1 Å². The summed E-state index contributed by atoms with van der Waals surface area (Å²) in [4.78, 5) is 76.3. The summed E-state index contributed by atoms with van der Waals surface area (Å²) in [6.45, 7) is 17.0. The van der Waals surface area contributed by atoms with Crippen LogP contribution in [0.4, 0.5) is 0 Å². The molecule has 6 unspecified atom stereocenters. The highest BCUT2D eigenvalue weighted by molar-refractivity contribution is 5.96. The van der Waals surface area contributed by atoms with Crippen LogP contribution in [0.25, 0.3) is 33.3 Å². The van der Waals surface area contributed by atoms with Crippen LogP contribution >= 0.6 is 0 Å². The SMILES string of the molecule is CCn1c(-c2cc(Oc3ncc(CN4CCOCC4)cn3)cnc2C(C)OC)c2c3cc(ccc31)-c1cc(O)cc(c1)CC(NC(=O)C(C(C)C)N(C)C(=O)C1OCCC1c1ccccc1)C(=O)N1CCCC(N1)C(=O)OCC(C)(C)C2. The molecule has 7 heterocycles. The number of ether oxygens (including phenoxy) is 5. The Hall–Kier alpha value is -7.29. The largest absolute Gasteiger partial charge is 0.508 e. The van der Waals surface area contributed by atoms with Crippen LogP contribution in [0.1, 0.15) is 101 Å². The van der Waals surface area contributed by atoms with Gasteiger partial charge in [0.2, 0.25) is 5.91 Å². The summed E-state index contributed by atoms with van der Waals surface area (Å²) in [5, 5.41) is 16.9. The van der Waals surface area contributed by atoms with E-state index in [0.29, 0.717) is 81.2 Å². The number of nitrogens with one attached hydrogen (secondary N) is 2. The second-order valence-electron chi connectivity index (χ2n) is 23.3. The van der Waals surface area contributed by atoms with Crippen LogP contribution < -0.4 is 15.5 Å². The Morgan fingerprint density at radius 3 is 2.43 bits per heavy atom. The number of hydrogen-bond acceptors (Lipinski definition) is 15. The van der Waals surface area contributed by atoms with Crippen molar-refractivity contribution < 1.29 is 48.0 Å². The lowest BCUT2D eigenvalue weighted by molar-refractivity contribution is -0.155. The van der Waals surface area contributed by atoms with Crippen molar-refractivity contribution >= 4 is 34.6 Å². The van der Waals surface area contributed by atoms with E-state index in [4.69, 9.17) is 28.7 Å². The minimum Gasteiger partial charge on any atom is -0.508 e. The quantitative estimate of drug-likeness (QED) is 0.0885. The van der Waals surface area contributed by atoms with Gasteiger partial charge in [-0.15, -0.1) is 0 Å². The number of carbonyl (C=O) groups is 4. The number of methoxy groups -OCH3 is 1. The number of phenolic OH excluding ortho intramolecular Hbond substituents is 1. The van der Waals surface area contributed by atoms with Crippen molar-refractivity contribution in [3.8, 4) is 39.9 Å². The number of likely N-dealkylation sites (N-methyl/N-ethyl adjacent to an activating group) is 1. The van der Waals surface area contributed by atoms with Crippen LogP contribution in [-0.2, 0) is 64.1 Å². The lowest BCUT2D eigenvalue weighted by atomic mass is 9.84. The fourth-order valence-corrected chi connectivity index (χ4v) is 12.1. The number of benzene rings is 3. The van der Waals surface area contributed by atoms with E-state index in [1.165, 1.54) is 9.91 Å². The Balaban J connectivity index is 1.02. The molecule has 19 heteroatoms. The van der Waals surface area contributed by atoms with Crippen molar-refractivity contribution in [3.05, 3.63) is 119 Å².